The highest BCUT2D eigenvalue weighted by Gasteiger charge is 2.19. The quantitative estimate of drug-likeness (QED) is 0.307. The second-order valence-electron chi connectivity index (χ2n) is 8.76. The minimum absolute atomic E-state index is 0.0214. The first-order valence-corrected chi connectivity index (χ1v) is 12.0. The molecule has 0 aliphatic rings. The summed E-state index contributed by atoms with van der Waals surface area (Å²) in [6.45, 7) is -0.237. The van der Waals surface area contributed by atoms with Crippen LogP contribution < -0.4 is 21.3 Å². The smallest absolute Gasteiger partial charge is 0.336 e. The summed E-state index contributed by atoms with van der Waals surface area (Å²) in [6.07, 6.45) is 11.3. The number of aromatic nitrogens is 5. The molecule has 0 aliphatic carbocycles. The van der Waals surface area contributed by atoms with E-state index in [1.807, 2.05) is 0 Å². The van der Waals surface area contributed by atoms with E-state index in [0.29, 0.717) is 16.0 Å². The van der Waals surface area contributed by atoms with E-state index < -0.39 is 34.4 Å². The summed E-state index contributed by atoms with van der Waals surface area (Å²) in [5.74, 6) is 0.205. The maximum atomic E-state index is 15.0. The van der Waals surface area contributed by atoms with Gasteiger partial charge in [0.25, 0.3) is 11.5 Å². The Morgan fingerprint density at radius 1 is 1.07 bits per heavy atom. The Hall–Kier alpha value is -5.83. The summed E-state index contributed by atoms with van der Waals surface area (Å²) in [5, 5.41) is 6.55. The summed E-state index contributed by atoms with van der Waals surface area (Å²) < 4.78 is 37.4. The fourth-order valence-electron chi connectivity index (χ4n) is 3.96. The average Bonchev–Trinajstić information content (AvgIpc) is 3.39. The maximum absolute atomic E-state index is 15.0. The zero-order valence-corrected chi connectivity index (χ0v) is 21.4. The number of anilines is 1. The van der Waals surface area contributed by atoms with Gasteiger partial charge in [0.05, 0.1) is 24.1 Å². The molecule has 5 aromatic rings. The summed E-state index contributed by atoms with van der Waals surface area (Å²) in [7, 11) is 1.77. The van der Waals surface area contributed by atoms with Crippen LogP contribution in [0.3, 0.4) is 0 Å². The lowest BCUT2D eigenvalue weighted by molar-refractivity contribution is 0.102. The molecule has 41 heavy (non-hydrogen) atoms. The number of halogens is 2. The number of pyridine rings is 1. The van der Waals surface area contributed by atoms with Crippen LogP contribution in [0, 0.1) is 24.0 Å². The Kier molecular flexibility index (Phi) is 7.25. The number of hydrogen-bond acceptors (Lipinski definition) is 6. The van der Waals surface area contributed by atoms with Crippen LogP contribution in [-0.2, 0) is 13.6 Å². The monoisotopic (exact) mass is 554 g/mol. The molecule has 0 spiro atoms. The molecule has 0 bridgehead atoms. The van der Waals surface area contributed by atoms with Crippen molar-refractivity contribution < 1.29 is 18.3 Å². The van der Waals surface area contributed by atoms with Crippen LogP contribution in [0.25, 0.3) is 16.9 Å². The molecule has 12 heteroatoms. The van der Waals surface area contributed by atoms with Crippen molar-refractivity contribution in [3.8, 4) is 40.8 Å². The number of amides is 1. The number of ether oxygens (including phenoxy) is 1. The van der Waals surface area contributed by atoms with Crippen molar-refractivity contribution in [3.63, 3.8) is 0 Å². The third kappa shape index (κ3) is 5.64. The van der Waals surface area contributed by atoms with E-state index in [-0.39, 0.29) is 23.7 Å². The fraction of sp³-hybridized carbons (Fsp3) is 0.0690. The summed E-state index contributed by atoms with van der Waals surface area (Å²) in [5.41, 5.74) is -0.822. The molecule has 1 amide bonds. The molecule has 3 aromatic heterocycles. The van der Waals surface area contributed by atoms with Gasteiger partial charge in [-0.3, -0.25) is 23.8 Å². The third-order valence-corrected chi connectivity index (χ3v) is 5.90. The summed E-state index contributed by atoms with van der Waals surface area (Å²) in [6, 6.07) is 11.5. The van der Waals surface area contributed by atoms with Gasteiger partial charge in [-0.25, -0.2) is 18.1 Å². The molecule has 0 radical (unpaired) electrons. The minimum Gasteiger partial charge on any atom is -0.454 e. The molecule has 2 aromatic carbocycles. The molecule has 10 nitrogen and oxygen atoms in total. The van der Waals surface area contributed by atoms with Crippen molar-refractivity contribution in [2.75, 3.05) is 5.32 Å². The lowest BCUT2D eigenvalue weighted by Gasteiger charge is -2.13. The van der Waals surface area contributed by atoms with Crippen LogP contribution in [0.1, 0.15) is 10.4 Å². The van der Waals surface area contributed by atoms with Crippen LogP contribution in [0.15, 0.2) is 89.0 Å². The molecule has 3 heterocycles. The highest BCUT2D eigenvalue weighted by atomic mass is 19.1. The fourth-order valence-corrected chi connectivity index (χ4v) is 3.96. The Labute approximate surface area is 231 Å². The number of nitrogens with one attached hydrogen (secondary N) is 1. The van der Waals surface area contributed by atoms with Crippen LogP contribution in [0.4, 0.5) is 14.5 Å². The second-order valence-corrected chi connectivity index (χ2v) is 8.76. The van der Waals surface area contributed by atoms with E-state index in [0.717, 1.165) is 34.5 Å². The highest BCUT2D eigenvalue weighted by molar-refractivity contribution is 6.03. The molecule has 204 valence electrons. The number of carbonyl (C=O) groups is 1. The first kappa shape index (κ1) is 26.8. The number of terminal acetylenes is 1. The van der Waals surface area contributed by atoms with Gasteiger partial charge in [0.2, 0.25) is 0 Å². The molecule has 0 atom stereocenters. The van der Waals surface area contributed by atoms with Gasteiger partial charge in [-0.2, -0.15) is 5.10 Å². The standard InChI is InChI=1S/C29H20F2N6O4/c1-3-12-36-17-23(28(39)37(29(36)40)21-7-4-19(30)5-8-21)27(38)34-20-6-9-26(24(31)13-20)41-22-10-11-32-25(14-22)18-15-33-35(2)16-18/h1,4-11,13-17H,12H2,2H3,(H,34,38). The van der Waals surface area contributed by atoms with Crippen molar-refractivity contribution in [3.05, 3.63) is 117 Å². The number of rotatable bonds is 7. The van der Waals surface area contributed by atoms with Crippen LogP contribution >= 0.6 is 0 Å². The summed E-state index contributed by atoms with van der Waals surface area (Å²) >= 11 is 0. The van der Waals surface area contributed by atoms with Crippen LogP contribution in [0.5, 0.6) is 11.5 Å². The minimum atomic E-state index is -0.963. The molecule has 0 saturated heterocycles. The SMILES string of the molecule is C#CCn1cc(C(=O)Nc2ccc(Oc3ccnc(-c4cnn(C)c4)c3)c(F)c2)c(=O)n(-c2ccc(F)cc2)c1=O. The van der Waals surface area contributed by atoms with Gasteiger partial charge in [-0.15, -0.1) is 6.42 Å². The first-order chi connectivity index (χ1) is 19.7. The molecule has 0 saturated carbocycles. The van der Waals surface area contributed by atoms with E-state index in [9.17, 15) is 23.2 Å². The van der Waals surface area contributed by atoms with E-state index in [1.165, 1.54) is 30.5 Å². The predicted octanol–water partition coefficient (Wildman–Crippen LogP) is 3.75. The Balaban J connectivity index is 1.40. The van der Waals surface area contributed by atoms with E-state index in [2.05, 4.69) is 21.3 Å². The average molecular weight is 555 g/mol. The van der Waals surface area contributed by atoms with Gasteiger partial charge >= 0.3 is 5.69 Å². The van der Waals surface area contributed by atoms with E-state index in [4.69, 9.17) is 11.2 Å². The van der Waals surface area contributed by atoms with Crippen LogP contribution in [0.2, 0.25) is 0 Å². The Morgan fingerprint density at radius 3 is 2.54 bits per heavy atom. The first-order valence-electron chi connectivity index (χ1n) is 12.0. The van der Waals surface area contributed by atoms with Crippen molar-refractivity contribution >= 4 is 11.6 Å². The maximum Gasteiger partial charge on any atom is 0.336 e. The second kappa shape index (κ2) is 11.1. The molecule has 0 unspecified atom stereocenters. The highest BCUT2D eigenvalue weighted by Crippen LogP contribution is 2.29. The normalized spacial score (nSPS) is 10.7. The van der Waals surface area contributed by atoms with E-state index >= 15 is 0 Å². The van der Waals surface area contributed by atoms with Crippen molar-refractivity contribution in [1.82, 2.24) is 23.9 Å². The summed E-state index contributed by atoms with van der Waals surface area (Å²) in [4.78, 5) is 43.4. The molecular weight excluding hydrogens is 534 g/mol. The number of nitrogens with zero attached hydrogens (tertiary/aromatic N) is 5. The van der Waals surface area contributed by atoms with Gasteiger partial charge < -0.3 is 10.1 Å². The topological polar surface area (TPSA) is 113 Å². The van der Waals surface area contributed by atoms with Gasteiger partial charge in [0.15, 0.2) is 11.6 Å². The zero-order chi connectivity index (χ0) is 29.1. The van der Waals surface area contributed by atoms with Gasteiger partial charge in [-0.1, -0.05) is 5.92 Å². The number of benzene rings is 2. The molecule has 0 aliphatic heterocycles. The van der Waals surface area contributed by atoms with Crippen molar-refractivity contribution in [2.24, 2.45) is 7.05 Å². The number of carbonyl (C=O) groups excluding carboxylic acids is 1. The van der Waals surface area contributed by atoms with Gasteiger partial charge in [0.1, 0.15) is 17.1 Å². The largest absolute Gasteiger partial charge is 0.454 e. The molecule has 5 rings (SSSR count). The van der Waals surface area contributed by atoms with Gasteiger partial charge in [0, 0.05) is 49.0 Å². The molecule has 1 N–H and O–H groups in total. The third-order valence-electron chi connectivity index (χ3n) is 5.90. The molecule has 0 fully saturated rings. The predicted molar refractivity (Wildman–Crippen MR) is 146 cm³/mol. The van der Waals surface area contributed by atoms with Crippen molar-refractivity contribution in [2.45, 2.75) is 6.54 Å². The number of aryl methyl sites for hydroxylation is 1. The van der Waals surface area contributed by atoms with Gasteiger partial charge in [-0.05, 0) is 42.5 Å². The van der Waals surface area contributed by atoms with E-state index in [1.54, 1.807) is 36.3 Å². The Bertz CT molecular complexity index is 1940. The number of hydrogen-bond donors (Lipinski definition) is 1. The van der Waals surface area contributed by atoms with Crippen LogP contribution in [-0.4, -0.2) is 29.8 Å². The lowest BCUT2D eigenvalue weighted by Crippen LogP contribution is -2.42. The van der Waals surface area contributed by atoms with Crippen molar-refractivity contribution in [1.29, 1.82) is 0 Å². The zero-order valence-electron chi connectivity index (χ0n) is 21.4. The Morgan fingerprint density at radius 2 is 1.85 bits per heavy atom. The lowest BCUT2D eigenvalue weighted by atomic mass is 10.2. The molecular formula is C29H20F2N6O4.